The van der Waals surface area contributed by atoms with E-state index in [0.29, 0.717) is 17.4 Å². The standard InChI is InChI=1S/C65H109N2O6P/c1-6-8-10-12-14-16-18-20-22-23-24-25-26-27-28-29-30-31-32-33-34-35-36-37-38-39-40-41-42-43-45-47-49-51-53-55-57-59-65(69)66-63(62-73-74(70,71)72-61-60-67(3,4)5)64(68)58-56-54-52-50-48-46-44-21-19-17-15-13-11-9-7-2/h8,10,14,16,20,22,24-25,27-28,30-31,33-34,36-37,39-40,42-43,48,50,56,58,63-64,68H,6-7,9,11-13,15,17-19,21,23,26,29,32,35,38,41,44-47,49,51-55,57,59-62H2,1-5H3,(H-,66,69,70,71)/b10-8-,16-14-,22-20-,25-24-,28-27-,31-30-,34-33-,37-36-,40-39-,43-42-,50-48+,58-56+. The molecule has 3 unspecified atom stereocenters. The largest absolute Gasteiger partial charge is 0.756 e. The van der Waals surface area contributed by atoms with Crippen LogP contribution in [0.15, 0.2) is 146 Å². The van der Waals surface area contributed by atoms with E-state index in [1.54, 1.807) is 6.08 Å². The minimum Gasteiger partial charge on any atom is -0.756 e. The summed E-state index contributed by atoms with van der Waals surface area (Å²) in [5.74, 6) is -0.229. The van der Waals surface area contributed by atoms with Crippen molar-refractivity contribution >= 4 is 13.7 Å². The Kier molecular flexibility index (Phi) is 51.5. The number of likely N-dealkylation sites (N-methyl/N-ethyl adjacent to an activating group) is 1. The van der Waals surface area contributed by atoms with Crippen LogP contribution in [0.3, 0.4) is 0 Å². The van der Waals surface area contributed by atoms with Crippen LogP contribution in [-0.4, -0.2) is 68.5 Å². The van der Waals surface area contributed by atoms with Gasteiger partial charge in [0.25, 0.3) is 7.82 Å². The monoisotopic (exact) mass is 1040 g/mol. The first kappa shape index (κ1) is 70.4. The van der Waals surface area contributed by atoms with Crippen LogP contribution in [-0.2, 0) is 18.4 Å². The molecule has 2 N–H and O–H groups in total. The fourth-order valence-corrected chi connectivity index (χ4v) is 8.21. The van der Waals surface area contributed by atoms with Crippen LogP contribution >= 0.6 is 7.82 Å². The van der Waals surface area contributed by atoms with E-state index in [4.69, 9.17) is 9.05 Å². The molecule has 0 rings (SSSR count). The maximum atomic E-state index is 12.9. The number of phosphoric ester groups is 1. The van der Waals surface area contributed by atoms with Crippen molar-refractivity contribution in [1.29, 1.82) is 0 Å². The number of nitrogens with one attached hydrogen (secondary N) is 1. The van der Waals surface area contributed by atoms with E-state index in [2.05, 4.69) is 153 Å². The predicted molar refractivity (Wildman–Crippen MR) is 320 cm³/mol. The molecular weight excluding hydrogens is 936 g/mol. The Bertz CT molecular complexity index is 1710. The van der Waals surface area contributed by atoms with Crippen molar-refractivity contribution in [1.82, 2.24) is 5.32 Å². The Labute approximate surface area is 455 Å². The van der Waals surface area contributed by atoms with Gasteiger partial charge in [0, 0.05) is 6.42 Å². The molecule has 0 aliphatic carbocycles. The summed E-state index contributed by atoms with van der Waals surface area (Å²) in [7, 11) is 1.21. The molecule has 0 fully saturated rings. The van der Waals surface area contributed by atoms with Gasteiger partial charge in [-0.2, -0.15) is 0 Å². The summed E-state index contributed by atoms with van der Waals surface area (Å²) >= 11 is 0. The van der Waals surface area contributed by atoms with E-state index in [1.807, 2.05) is 27.2 Å². The van der Waals surface area contributed by atoms with Gasteiger partial charge in [-0.05, 0) is 109 Å². The van der Waals surface area contributed by atoms with Gasteiger partial charge in [0.05, 0.1) is 39.9 Å². The molecule has 0 aliphatic rings. The van der Waals surface area contributed by atoms with Gasteiger partial charge in [0.1, 0.15) is 13.2 Å². The van der Waals surface area contributed by atoms with E-state index < -0.39 is 26.6 Å². The van der Waals surface area contributed by atoms with E-state index in [-0.39, 0.29) is 12.5 Å². The number of quaternary nitrogens is 1. The van der Waals surface area contributed by atoms with Gasteiger partial charge >= 0.3 is 0 Å². The average molecular weight is 1050 g/mol. The van der Waals surface area contributed by atoms with Crippen molar-refractivity contribution in [2.75, 3.05) is 40.9 Å². The summed E-state index contributed by atoms with van der Waals surface area (Å²) < 4.78 is 23.3. The van der Waals surface area contributed by atoms with E-state index in [1.165, 1.54) is 57.8 Å². The van der Waals surface area contributed by atoms with Gasteiger partial charge in [-0.1, -0.05) is 237 Å². The summed E-state index contributed by atoms with van der Waals surface area (Å²) in [5, 5.41) is 13.8. The first-order valence-electron chi connectivity index (χ1n) is 29.2. The highest BCUT2D eigenvalue weighted by Gasteiger charge is 2.23. The zero-order chi connectivity index (χ0) is 54.2. The fourth-order valence-electron chi connectivity index (χ4n) is 7.49. The molecule has 0 bridgehead atoms. The minimum absolute atomic E-state index is 0.0173. The Morgan fingerprint density at radius 1 is 0.486 bits per heavy atom. The Morgan fingerprint density at radius 2 is 0.838 bits per heavy atom. The maximum Gasteiger partial charge on any atom is 0.268 e. The fraction of sp³-hybridized carbons (Fsp3) is 0.615. The molecule has 0 saturated heterocycles. The Balaban J connectivity index is 4.24. The SMILES string of the molecule is CC/C=C\C/C=C\C/C=C\C/C=C\C/C=C\C/C=C\C/C=C\C/C=C\C/C=C\C/C=C\CCCCCCCCC(=O)NC(COP(=O)([O-])OCC[N+](C)(C)C)C(O)/C=C/CC/C=C/CCCCCCCCCCC. The summed E-state index contributed by atoms with van der Waals surface area (Å²) in [6.07, 6.45) is 83.5. The van der Waals surface area contributed by atoms with Crippen LogP contribution < -0.4 is 10.2 Å². The quantitative estimate of drug-likeness (QED) is 0.0272. The molecule has 0 aliphatic heterocycles. The number of aliphatic hydroxyl groups excluding tert-OH is 1. The smallest absolute Gasteiger partial charge is 0.268 e. The lowest BCUT2D eigenvalue weighted by Crippen LogP contribution is -2.45. The lowest BCUT2D eigenvalue weighted by molar-refractivity contribution is -0.870. The lowest BCUT2D eigenvalue weighted by Gasteiger charge is -2.29. The summed E-state index contributed by atoms with van der Waals surface area (Å²) in [6, 6.07) is -0.922. The van der Waals surface area contributed by atoms with Crippen LogP contribution in [0.25, 0.3) is 0 Å². The van der Waals surface area contributed by atoms with Gasteiger partial charge in [-0.25, -0.2) is 0 Å². The maximum absolute atomic E-state index is 12.9. The number of carbonyl (C=O) groups excluding carboxylic acids is 1. The number of hydrogen-bond acceptors (Lipinski definition) is 6. The normalized spacial score (nSPS) is 15.0. The number of phosphoric acid groups is 1. The molecule has 0 saturated carbocycles. The van der Waals surface area contributed by atoms with E-state index in [9.17, 15) is 19.4 Å². The highest BCUT2D eigenvalue weighted by atomic mass is 31.2. The van der Waals surface area contributed by atoms with Crippen LogP contribution in [0.1, 0.15) is 206 Å². The third-order valence-corrected chi connectivity index (χ3v) is 13.0. The summed E-state index contributed by atoms with van der Waals surface area (Å²) in [6.45, 7) is 4.47. The van der Waals surface area contributed by atoms with Crippen LogP contribution in [0.5, 0.6) is 0 Å². The van der Waals surface area contributed by atoms with E-state index >= 15 is 0 Å². The van der Waals surface area contributed by atoms with E-state index in [0.717, 1.165) is 128 Å². The Morgan fingerprint density at radius 3 is 1.26 bits per heavy atom. The van der Waals surface area contributed by atoms with Crippen molar-refractivity contribution in [2.24, 2.45) is 0 Å². The van der Waals surface area contributed by atoms with Crippen molar-refractivity contribution in [2.45, 2.75) is 219 Å². The molecule has 3 atom stereocenters. The third-order valence-electron chi connectivity index (χ3n) is 12.0. The van der Waals surface area contributed by atoms with Crippen molar-refractivity contribution < 1.29 is 32.9 Å². The molecule has 0 radical (unpaired) electrons. The van der Waals surface area contributed by atoms with Crippen molar-refractivity contribution in [3.05, 3.63) is 146 Å². The second kappa shape index (κ2) is 54.2. The average Bonchev–Trinajstić information content (AvgIpc) is 3.36. The topological polar surface area (TPSA) is 108 Å². The van der Waals surface area contributed by atoms with Crippen molar-refractivity contribution in [3.8, 4) is 0 Å². The second-order valence-corrected chi connectivity index (χ2v) is 21.7. The van der Waals surface area contributed by atoms with Gasteiger partial charge < -0.3 is 28.8 Å². The zero-order valence-electron chi connectivity index (χ0n) is 47.7. The molecule has 74 heavy (non-hydrogen) atoms. The number of allylic oxidation sites excluding steroid dienone is 23. The summed E-state index contributed by atoms with van der Waals surface area (Å²) in [4.78, 5) is 25.5. The van der Waals surface area contributed by atoms with Crippen molar-refractivity contribution in [3.63, 3.8) is 0 Å². The van der Waals surface area contributed by atoms with Crippen LogP contribution in [0, 0.1) is 0 Å². The third kappa shape index (κ3) is 56.1. The molecule has 9 heteroatoms. The lowest BCUT2D eigenvalue weighted by atomic mass is 10.1. The number of carbonyl (C=O) groups is 1. The second-order valence-electron chi connectivity index (χ2n) is 20.3. The first-order valence-corrected chi connectivity index (χ1v) is 30.7. The molecule has 420 valence electrons. The number of rotatable bonds is 51. The molecule has 0 spiro atoms. The minimum atomic E-state index is -4.62. The van der Waals surface area contributed by atoms with Crippen LogP contribution in [0.4, 0.5) is 0 Å². The highest BCUT2D eigenvalue weighted by Crippen LogP contribution is 2.38. The molecule has 0 aromatic carbocycles. The van der Waals surface area contributed by atoms with Gasteiger partial charge in [-0.3, -0.25) is 9.36 Å². The molecule has 0 heterocycles. The number of hydrogen-bond donors (Lipinski definition) is 2. The number of nitrogens with zero attached hydrogens (tertiary/aromatic N) is 1. The number of amides is 1. The molecule has 0 aromatic heterocycles. The molecular formula is C65H109N2O6P. The van der Waals surface area contributed by atoms with Gasteiger partial charge in [0.2, 0.25) is 5.91 Å². The molecule has 1 amide bonds. The van der Waals surface area contributed by atoms with Crippen LogP contribution in [0.2, 0.25) is 0 Å². The predicted octanol–water partition coefficient (Wildman–Crippen LogP) is 17.5. The highest BCUT2D eigenvalue weighted by molar-refractivity contribution is 7.45. The molecule has 0 aromatic rings. The Hall–Kier alpha value is -3.62. The number of unbranched alkanes of at least 4 members (excludes halogenated alkanes) is 16. The zero-order valence-corrected chi connectivity index (χ0v) is 48.6. The number of aliphatic hydroxyl groups is 1. The summed E-state index contributed by atoms with van der Waals surface area (Å²) in [5.41, 5.74) is 0. The first-order chi connectivity index (χ1) is 36.0. The molecule has 8 nitrogen and oxygen atoms in total. The van der Waals surface area contributed by atoms with Gasteiger partial charge in [0.15, 0.2) is 0 Å². The van der Waals surface area contributed by atoms with Gasteiger partial charge in [-0.15, -0.1) is 0 Å².